The van der Waals surface area contributed by atoms with Gasteiger partial charge in [-0.1, -0.05) is 20.8 Å². The van der Waals surface area contributed by atoms with Crippen LogP contribution in [0.3, 0.4) is 0 Å². The normalized spacial score (nSPS) is 14.1. The Morgan fingerprint density at radius 2 is 2.00 bits per heavy atom. The molecule has 0 heterocycles. The standard InChI is InChI=1S/C9H18Cl/c1-8(2)7-9(3)5-4-6-10/h9H,4-7H2,1-3H3. The molecule has 0 aliphatic carbocycles. The van der Waals surface area contributed by atoms with Crippen molar-refractivity contribution in [3.63, 3.8) is 0 Å². The van der Waals surface area contributed by atoms with Gasteiger partial charge in [0.1, 0.15) is 0 Å². The molecule has 0 spiro atoms. The van der Waals surface area contributed by atoms with E-state index in [4.69, 9.17) is 11.6 Å². The van der Waals surface area contributed by atoms with Crippen molar-refractivity contribution in [3.8, 4) is 0 Å². The van der Waals surface area contributed by atoms with Crippen LogP contribution >= 0.6 is 11.6 Å². The number of hydrogen-bond donors (Lipinski definition) is 0. The summed E-state index contributed by atoms with van der Waals surface area (Å²) in [6.07, 6.45) is 3.70. The third-order valence-corrected chi connectivity index (χ3v) is 1.85. The maximum atomic E-state index is 5.58. The van der Waals surface area contributed by atoms with Crippen LogP contribution in [0.25, 0.3) is 0 Å². The zero-order chi connectivity index (χ0) is 7.98. The molecule has 0 N–H and O–H groups in total. The summed E-state index contributed by atoms with van der Waals surface area (Å²) in [6.45, 7) is 6.67. The van der Waals surface area contributed by atoms with Gasteiger partial charge >= 0.3 is 0 Å². The quantitative estimate of drug-likeness (QED) is 0.540. The van der Waals surface area contributed by atoms with Crippen molar-refractivity contribution in [3.05, 3.63) is 5.92 Å². The second kappa shape index (κ2) is 6.03. The largest absolute Gasteiger partial charge is 0.127 e. The summed E-state index contributed by atoms with van der Waals surface area (Å²) in [4.78, 5) is 0. The Kier molecular flexibility index (Phi) is 6.20. The highest BCUT2D eigenvalue weighted by atomic mass is 35.5. The van der Waals surface area contributed by atoms with E-state index in [0.29, 0.717) is 0 Å². The highest BCUT2D eigenvalue weighted by Gasteiger charge is 2.03. The molecule has 0 amide bonds. The van der Waals surface area contributed by atoms with Gasteiger partial charge in [0.25, 0.3) is 0 Å². The van der Waals surface area contributed by atoms with Crippen LogP contribution in [0.5, 0.6) is 0 Å². The molecule has 0 aromatic carbocycles. The van der Waals surface area contributed by atoms with Gasteiger partial charge in [-0.25, -0.2) is 0 Å². The Morgan fingerprint density at radius 1 is 1.40 bits per heavy atom. The fourth-order valence-electron chi connectivity index (χ4n) is 1.22. The molecule has 1 unspecified atom stereocenters. The van der Waals surface area contributed by atoms with Gasteiger partial charge < -0.3 is 0 Å². The van der Waals surface area contributed by atoms with Gasteiger partial charge in [0.15, 0.2) is 0 Å². The Labute approximate surface area is 70.0 Å². The third-order valence-electron chi connectivity index (χ3n) is 1.59. The molecule has 61 valence electrons. The summed E-state index contributed by atoms with van der Waals surface area (Å²) in [7, 11) is 0. The second-order valence-electron chi connectivity index (χ2n) is 3.35. The maximum absolute atomic E-state index is 5.58. The zero-order valence-corrected chi connectivity index (χ0v) is 8.04. The van der Waals surface area contributed by atoms with Crippen LogP contribution in [0.4, 0.5) is 0 Å². The number of halogens is 1. The van der Waals surface area contributed by atoms with Gasteiger partial charge in [0, 0.05) is 5.88 Å². The van der Waals surface area contributed by atoms with E-state index in [9.17, 15) is 0 Å². The van der Waals surface area contributed by atoms with Gasteiger partial charge in [-0.3, -0.25) is 0 Å². The Bertz CT molecular complexity index is 69.1. The molecule has 1 atom stereocenters. The lowest BCUT2D eigenvalue weighted by molar-refractivity contribution is 0.498. The van der Waals surface area contributed by atoms with E-state index in [1.807, 2.05) is 0 Å². The molecule has 0 aromatic rings. The van der Waals surface area contributed by atoms with E-state index in [0.717, 1.165) is 18.2 Å². The topological polar surface area (TPSA) is 0 Å². The molecule has 1 radical (unpaired) electrons. The maximum Gasteiger partial charge on any atom is 0.0223 e. The Balaban J connectivity index is 3.16. The Morgan fingerprint density at radius 3 is 2.40 bits per heavy atom. The highest BCUT2D eigenvalue weighted by Crippen LogP contribution is 2.17. The van der Waals surface area contributed by atoms with E-state index in [2.05, 4.69) is 20.8 Å². The lowest BCUT2D eigenvalue weighted by Crippen LogP contribution is -1.98. The van der Waals surface area contributed by atoms with Gasteiger partial charge in [-0.05, 0) is 31.1 Å². The lowest BCUT2D eigenvalue weighted by Gasteiger charge is -2.11. The number of hydrogen-bond acceptors (Lipinski definition) is 0. The fraction of sp³-hybridized carbons (Fsp3) is 0.889. The van der Waals surface area contributed by atoms with Crippen LogP contribution in [0.2, 0.25) is 0 Å². The summed E-state index contributed by atoms with van der Waals surface area (Å²) in [5, 5.41) is 0. The first-order valence-electron chi connectivity index (χ1n) is 4.01. The van der Waals surface area contributed by atoms with E-state index in [1.165, 1.54) is 18.8 Å². The summed E-state index contributed by atoms with van der Waals surface area (Å²) in [5.41, 5.74) is 0. The molecule has 0 aromatic heterocycles. The molecule has 0 aliphatic rings. The highest BCUT2D eigenvalue weighted by molar-refractivity contribution is 6.17. The van der Waals surface area contributed by atoms with Crippen LogP contribution in [-0.2, 0) is 0 Å². The van der Waals surface area contributed by atoms with Crippen LogP contribution in [0, 0.1) is 11.8 Å². The summed E-state index contributed by atoms with van der Waals surface area (Å²) in [6, 6.07) is 0. The van der Waals surface area contributed by atoms with E-state index < -0.39 is 0 Å². The first kappa shape index (κ1) is 10.3. The van der Waals surface area contributed by atoms with E-state index in [1.54, 1.807) is 0 Å². The number of alkyl halides is 1. The molecule has 0 aliphatic heterocycles. The van der Waals surface area contributed by atoms with E-state index >= 15 is 0 Å². The summed E-state index contributed by atoms with van der Waals surface area (Å²) >= 11 is 5.58. The van der Waals surface area contributed by atoms with Crippen molar-refractivity contribution in [2.75, 3.05) is 5.88 Å². The first-order chi connectivity index (χ1) is 4.66. The van der Waals surface area contributed by atoms with Crippen molar-refractivity contribution < 1.29 is 0 Å². The molecule has 0 nitrogen and oxygen atoms in total. The SMILES string of the molecule is C[C](C)CC(C)CCCCl. The minimum Gasteiger partial charge on any atom is -0.127 e. The van der Waals surface area contributed by atoms with Crippen molar-refractivity contribution in [1.29, 1.82) is 0 Å². The molecule has 0 bridgehead atoms. The average molecular weight is 162 g/mol. The molecule has 10 heavy (non-hydrogen) atoms. The van der Waals surface area contributed by atoms with Gasteiger partial charge in [-0.15, -0.1) is 11.6 Å². The van der Waals surface area contributed by atoms with Crippen molar-refractivity contribution >= 4 is 11.6 Å². The minimum absolute atomic E-state index is 0.813. The fourth-order valence-corrected chi connectivity index (χ4v) is 1.38. The van der Waals surface area contributed by atoms with Gasteiger partial charge in [0.05, 0.1) is 0 Å². The van der Waals surface area contributed by atoms with Gasteiger partial charge in [-0.2, -0.15) is 0 Å². The zero-order valence-electron chi connectivity index (χ0n) is 7.28. The molecule has 1 heteroatoms. The molecular weight excluding hydrogens is 144 g/mol. The monoisotopic (exact) mass is 161 g/mol. The van der Waals surface area contributed by atoms with E-state index in [-0.39, 0.29) is 0 Å². The van der Waals surface area contributed by atoms with Crippen LogP contribution in [0.15, 0.2) is 0 Å². The molecular formula is C9H18Cl. The van der Waals surface area contributed by atoms with Crippen molar-refractivity contribution in [1.82, 2.24) is 0 Å². The minimum atomic E-state index is 0.813. The van der Waals surface area contributed by atoms with Crippen LogP contribution in [-0.4, -0.2) is 5.88 Å². The predicted octanol–water partition coefficient (Wildman–Crippen LogP) is 3.65. The number of rotatable bonds is 5. The molecule has 0 saturated heterocycles. The molecule has 0 rings (SSSR count). The second-order valence-corrected chi connectivity index (χ2v) is 3.73. The predicted molar refractivity (Wildman–Crippen MR) is 48.3 cm³/mol. The van der Waals surface area contributed by atoms with Gasteiger partial charge in [0.2, 0.25) is 0 Å². The average Bonchev–Trinajstić information content (AvgIpc) is 1.82. The van der Waals surface area contributed by atoms with Crippen molar-refractivity contribution in [2.24, 2.45) is 5.92 Å². The Hall–Kier alpha value is 0.290. The summed E-state index contributed by atoms with van der Waals surface area (Å²) < 4.78 is 0. The third kappa shape index (κ3) is 6.41. The van der Waals surface area contributed by atoms with Crippen LogP contribution in [0.1, 0.15) is 40.0 Å². The first-order valence-corrected chi connectivity index (χ1v) is 4.55. The molecule has 0 fully saturated rings. The summed E-state index contributed by atoms with van der Waals surface area (Å²) in [5.74, 6) is 3.17. The smallest absolute Gasteiger partial charge is 0.0223 e. The van der Waals surface area contributed by atoms with Crippen molar-refractivity contribution in [2.45, 2.75) is 40.0 Å². The lowest BCUT2D eigenvalue weighted by atomic mass is 9.95. The van der Waals surface area contributed by atoms with Crippen LogP contribution < -0.4 is 0 Å². The molecule has 0 saturated carbocycles.